The number of carbonyl (C=O) groups is 2. The molecule has 4 rings (SSSR count). The minimum absolute atomic E-state index is 0.0341. The quantitative estimate of drug-likeness (QED) is 0.755. The van der Waals surface area contributed by atoms with Gasteiger partial charge in [-0.25, -0.2) is 4.79 Å². The third kappa shape index (κ3) is 4.98. The molecule has 1 saturated heterocycles. The molecular formula is C25H32N4O3. The van der Waals surface area contributed by atoms with E-state index in [1.807, 2.05) is 51.1 Å². The van der Waals surface area contributed by atoms with Gasteiger partial charge in [0.2, 0.25) is 5.91 Å². The first kappa shape index (κ1) is 22.0. The highest BCUT2D eigenvalue weighted by molar-refractivity contribution is 6.00. The summed E-state index contributed by atoms with van der Waals surface area (Å²) in [5.74, 6) is 0.692. The second-order valence-corrected chi connectivity index (χ2v) is 9.46. The third-order valence-electron chi connectivity index (χ3n) is 5.84. The Balaban J connectivity index is 1.41. The molecule has 2 aromatic rings. The van der Waals surface area contributed by atoms with Crippen molar-refractivity contribution in [3.63, 3.8) is 0 Å². The summed E-state index contributed by atoms with van der Waals surface area (Å²) >= 11 is 0. The van der Waals surface area contributed by atoms with Crippen molar-refractivity contribution in [2.75, 3.05) is 41.4 Å². The summed E-state index contributed by atoms with van der Waals surface area (Å²) < 4.78 is 5.72. The van der Waals surface area contributed by atoms with Crippen molar-refractivity contribution in [1.82, 2.24) is 5.32 Å². The number of nitrogens with zero attached hydrogens (tertiary/aromatic N) is 2. The molecule has 1 unspecified atom stereocenters. The topological polar surface area (TPSA) is 73.9 Å². The molecule has 170 valence electrons. The molecule has 2 aliphatic rings. The molecule has 1 fully saturated rings. The number of nitrogens with one attached hydrogen (secondary N) is 2. The lowest BCUT2D eigenvalue weighted by molar-refractivity contribution is -0.126. The van der Waals surface area contributed by atoms with Crippen molar-refractivity contribution in [3.05, 3.63) is 48.5 Å². The van der Waals surface area contributed by atoms with E-state index in [4.69, 9.17) is 4.74 Å². The van der Waals surface area contributed by atoms with Crippen LogP contribution < -0.4 is 25.2 Å². The first-order chi connectivity index (χ1) is 15.3. The fourth-order valence-corrected chi connectivity index (χ4v) is 4.23. The summed E-state index contributed by atoms with van der Waals surface area (Å²) in [6, 6.07) is 15.5. The molecule has 7 nitrogen and oxygen atoms in total. The molecule has 0 saturated carbocycles. The zero-order valence-electron chi connectivity index (χ0n) is 19.1. The number of anilines is 3. The van der Waals surface area contributed by atoms with Crippen LogP contribution in [0.4, 0.5) is 21.9 Å². The zero-order chi connectivity index (χ0) is 22.7. The van der Waals surface area contributed by atoms with Gasteiger partial charge < -0.3 is 25.2 Å². The Morgan fingerprint density at radius 1 is 1.06 bits per heavy atom. The van der Waals surface area contributed by atoms with Crippen LogP contribution in [0.3, 0.4) is 0 Å². The van der Waals surface area contributed by atoms with Crippen molar-refractivity contribution in [1.29, 1.82) is 0 Å². The van der Waals surface area contributed by atoms with E-state index >= 15 is 0 Å². The van der Waals surface area contributed by atoms with Crippen LogP contribution in [0.25, 0.3) is 0 Å². The Labute approximate surface area is 189 Å². The Morgan fingerprint density at radius 3 is 2.59 bits per heavy atom. The van der Waals surface area contributed by atoms with Gasteiger partial charge in [0.1, 0.15) is 12.4 Å². The monoisotopic (exact) mass is 436 g/mol. The molecule has 0 aliphatic carbocycles. The highest BCUT2D eigenvalue weighted by Crippen LogP contribution is 2.36. The molecule has 1 atom stereocenters. The Kier molecular flexibility index (Phi) is 6.26. The molecule has 0 aromatic heterocycles. The van der Waals surface area contributed by atoms with Crippen LogP contribution >= 0.6 is 0 Å². The average molecular weight is 437 g/mol. The van der Waals surface area contributed by atoms with Crippen molar-refractivity contribution < 1.29 is 14.3 Å². The third-order valence-corrected chi connectivity index (χ3v) is 5.84. The molecule has 32 heavy (non-hydrogen) atoms. The Hall–Kier alpha value is -3.22. The van der Waals surface area contributed by atoms with E-state index in [-0.39, 0.29) is 18.0 Å². The highest BCUT2D eigenvalue weighted by atomic mass is 16.5. The second-order valence-electron chi connectivity index (χ2n) is 9.46. The zero-order valence-corrected chi connectivity index (χ0v) is 19.1. The molecule has 3 amide bonds. The number of carbonyl (C=O) groups excluding carboxylic acids is 2. The fraction of sp³-hybridized carbons (Fsp3) is 0.440. The van der Waals surface area contributed by atoms with E-state index in [0.717, 1.165) is 25.9 Å². The van der Waals surface area contributed by atoms with E-state index in [2.05, 4.69) is 27.7 Å². The van der Waals surface area contributed by atoms with Crippen LogP contribution in [0.5, 0.6) is 5.75 Å². The van der Waals surface area contributed by atoms with Gasteiger partial charge in [0.15, 0.2) is 0 Å². The molecule has 2 N–H and O–H groups in total. The molecule has 7 heteroatoms. The number of amides is 3. The standard InChI is InChI=1S/C25H32N4O3/c1-25(2,3)23(30)29-14-15-32-22-12-11-18(16-21(22)29)26-24(31)27-19-8-7-13-28(17-19)20-9-5-4-6-10-20/h4-6,9-12,16,19H,7-8,13-15,17H2,1-3H3,(H2,26,27,31). The van der Waals surface area contributed by atoms with Gasteiger partial charge in [-0.15, -0.1) is 0 Å². The summed E-state index contributed by atoms with van der Waals surface area (Å²) in [5.41, 5.74) is 2.01. The molecule has 2 aromatic carbocycles. The van der Waals surface area contributed by atoms with Crippen molar-refractivity contribution in [2.24, 2.45) is 5.41 Å². The number of ether oxygens (including phenoxy) is 1. The van der Waals surface area contributed by atoms with Crippen LogP contribution in [0, 0.1) is 5.41 Å². The lowest BCUT2D eigenvalue weighted by Crippen LogP contribution is -2.49. The second kappa shape index (κ2) is 9.10. The van der Waals surface area contributed by atoms with Gasteiger partial charge in [0.25, 0.3) is 0 Å². The molecule has 0 spiro atoms. The predicted molar refractivity (Wildman–Crippen MR) is 128 cm³/mol. The van der Waals surface area contributed by atoms with Crippen molar-refractivity contribution >= 4 is 29.0 Å². The number of hydrogen-bond acceptors (Lipinski definition) is 4. The Bertz CT molecular complexity index is 971. The van der Waals surface area contributed by atoms with Gasteiger partial charge >= 0.3 is 6.03 Å². The predicted octanol–water partition coefficient (Wildman–Crippen LogP) is 4.25. The number of para-hydroxylation sites is 1. The first-order valence-corrected chi connectivity index (χ1v) is 11.3. The van der Waals surface area contributed by atoms with Crippen LogP contribution in [-0.4, -0.2) is 44.2 Å². The molecule has 0 bridgehead atoms. The van der Waals surface area contributed by atoms with Gasteiger partial charge in [0, 0.05) is 35.9 Å². The molecule has 2 aliphatic heterocycles. The maximum atomic E-state index is 12.9. The lowest BCUT2D eigenvalue weighted by Gasteiger charge is -2.35. The summed E-state index contributed by atoms with van der Waals surface area (Å²) in [7, 11) is 0. The van der Waals surface area contributed by atoms with E-state index < -0.39 is 5.41 Å². The van der Waals surface area contributed by atoms with Gasteiger partial charge in [-0.05, 0) is 43.2 Å². The van der Waals surface area contributed by atoms with E-state index in [9.17, 15) is 9.59 Å². The number of fused-ring (bicyclic) bond motifs is 1. The highest BCUT2D eigenvalue weighted by Gasteiger charge is 2.32. The number of benzene rings is 2. The maximum Gasteiger partial charge on any atom is 0.319 e. The molecule has 2 heterocycles. The summed E-state index contributed by atoms with van der Waals surface area (Å²) in [4.78, 5) is 29.7. The van der Waals surface area contributed by atoms with E-state index in [1.54, 1.807) is 11.0 Å². The van der Waals surface area contributed by atoms with E-state index in [1.165, 1.54) is 5.69 Å². The number of rotatable bonds is 3. The average Bonchev–Trinajstić information content (AvgIpc) is 2.78. The number of piperidine rings is 1. The van der Waals surface area contributed by atoms with Crippen LogP contribution in [0.15, 0.2) is 48.5 Å². The Morgan fingerprint density at radius 2 is 1.84 bits per heavy atom. The number of hydrogen-bond donors (Lipinski definition) is 2. The SMILES string of the molecule is CC(C)(C)C(=O)N1CCOc2ccc(NC(=O)NC3CCCN(c4ccccc4)C3)cc21. The smallest absolute Gasteiger partial charge is 0.319 e. The van der Waals surface area contributed by atoms with Gasteiger partial charge in [-0.1, -0.05) is 39.0 Å². The normalized spacial score (nSPS) is 18.4. The van der Waals surface area contributed by atoms with Crippen molar-refractivity contribution in [2.45, 2.75) is 39.7 Å². The van der Waals surface area contributed by atoms with Crippen LogP contribution in [0.1, 0.15) is 33.6 Å². The van der Waals surface area contributed by atoms with Crippen molar-refractivity contribution in [3.8, 4) is 5.75 Å². The molecule has 0 radical (unpaired) electrons. The van der Waals surface area contributed by atoms with Gasteiger partial charge in [-0.3, -0.25) is 4.79 Å². The minimum Gasteiger partial charge on any atom is -0.490 e. The van der Waals surface area contributed by atoms with Gasteiger partial charge in [0.05, 0.1) is 12.2 Å². The summed E-state index contributed by atoms with van der Waals surface area (Å²) in [6.07, 6.45) is 1.97. The summed E-state index contributed by atoms with van der Waals surface area (Å²) in [5, 5.41) is 6.03. The number of urea groups is 1. The minimum atomic E-state index is -0.499. The maximum absolute atomic E-state index is 12.9. The van der Waals surface area contributed by atoms with Crippen LogP contribution in [0.2, 0.25) is 0 Å². The largest absolute Gasteiger partial charge is 0.490 e. The van der Waals surface area contributed by atoms with Crippen LogP contribution in [-0.2, 0) is 4.79 Å². The first-order valence-electron chi connectivity index (χ1n) is 11.3. The molecular weight excluding hydrogens is 404 g/mol. The lowest BCUT2D eigenvalue weighted by atomic mass is 9.94. The fourth-order valence-electron chi connectivity index (χ4n) is 4.23. The van der Waals surface area contributed by atoms with E-state index in [0.29, 0.717) is 30.3 Å². The van der Waals surface area contributed by atoms with Gasteiger partial charge in [-0.2, -0.15) is 0 Å². The summed E-state index contributed by atoms with van der Waals surface area (Å²) in [6.45, 7) is 8.45.